The van der Waals surface area contributed by atoms with E-state index in [1.165, 1.54) is 5.19 Å². The quantitative estimate of drug-likeness (QED) is 0.128. The van der Waals surface area contributed by atoms with Gasteiger partial charge in [0.2, 0.25) is 0 Å². The minimum Gasteiger partial charge on any atom is -0.501 e. The number of rotatable bonds is 5. The first-order valence-electron chi connectivity index (χ1n) is 17.9. The molecule has 5 heteroatoms. The Labute approximate surface area is 303 Å². The average molecular weight is 820 g/mol. The van der Waals surface area contributed by atoms with Gasteiger partial charge >= 0.3 is 0 Å². The van der Waals surface area contributed by atoms with Crippen molar-refractivity contribution in [2.75, 3.05) is 0 Å². The molecule has 0 atom stereocenters. The van der Waals surface area contributed by atoms with Crippen LogP contribution in [-0.4, -0.2) is 18.0 Å². The molecule has 8 aromatic rings. The molecule has 5 aromatic carbocycles. The molecular formula is C43H34IrN2OSi-2. The summed E-state index contributed by atoms with van der Waals surface area (Å²) in [5, 5.41) is 3.29. The van der Waals surface area contributed by atoms with Gasteiger partial charge < -0.3 is 14.4 Å². The van der Waals surface area contributed by atoms with Crippen molar-refractivity contribution >= 4 is 35.2 Å². The smallest absolute Gasteiger partial charge is 0.121 e. The molecule has 0 unspecified atom stereocenters. The van der Waals surface area contributed by atoms with E-state index in [0.29, 0.717) is 22.4 Å². The Morgan fingerprint density at radius 3 is 2.17 bits per heavy atom. The normalized spacial score (nSPS) is 12.5. The van der Waals surface area contributed by atoms with Gasteiger partial charge in [-0.1, -0.05) is 121 Å². The molecule has 0 aliphatic rings. The fourth-order valence-electron chi connectivity index (χ4n) is 5.41. The number of furan rings is 1. The van der Waals surface area contributed by atoms with Crippen LogP contribution < -0.4 is 5.19 Å². The van der Waals surface area contributed by atoms with E-state index in [9.17, 15) is 0 Å². The first kappa shape index (κ1) is 27.1. The molecule has 0 spiro atoms. The summed E-state index contributed by atoms with van der Waals surface area (Å²) in [6.45, 7) is 7.00. The van der Waals surface area contributed by atoms with Crippen molar-refractivity contribution in [2.45, 2.75) is 19.6 Å². The van der Waals surface area contributed by atoms with E-state index >= 15 is 0 Å². The molecule has 3 nitrogen and oxygen atoms in total. The SMILES string of the molecule is C[Si](C)(C)c1ccc(-c2[c-]cccc2)nc1.[2H]c1c([2H])c([2H])c(-c2ccnc(-c3[c-]ccc4c3oc3cc(-c5ccccc5)ccc34)c2)c([2H])c1[2H].[Ir]. The van der Waals surface area contributed by atoms with Gasteiger partial charge in [0.25, 0.3) is 0 Å². The second kappa shape index (κ2) is 14.5. The van der Waals surface area contributed by atoms with Crippen molar-refractivity contribution in [1.82, 2.24) is 9.97 Å². The zero-order valence-corrected chi connectivity index (χ0v) is 30.1. The Balaban J connectivity index is 0.000000238. The van der Waals surface area contributed by atoms with Crippen molar-refractivity contribution < 1.29 is 31.4 Å². The number of nitrogens with zero attached hydrogens (tertiary/aromatic N) is 2. The molecule has 3 aromatic heterocycles. The Hall–Kier alpha value is -4.93. The van der Waals surface area contributed by atoms with E-state index in [0.717, 1.165) is 38.7 Å². The number of benzene rings is 5. The van der Waals surface area contributed by atoms with Crippen LogP contribution in [0.25, 0.3) is 66.7 Å². The van der Waals surface area contributed by atoms with E-state index < -0.39 is 14.1 Å². The molecule has 237 valence electrons. The van der Waals surface area contributed by atoms with Crippen LogP contribution in [0.1, 0.15) is 6.85 Å². The standard InChI is InChI=1S/C29H18NO.C14H16NSi.Ir/c1-3-8-20(9-4-1)22-14-15-24-25-12-7-13-26(29(25)31-28(24)19-22)27-18-23(16-17-30-27)21-10-5-2-6-11-21;1-16(2,3)13-9-10-14(15-11-13)12-7-5-4-6-8-12;/h1-12,14-19H;4-7,9-11H,1-3H3;/q2*-1;/i2D,5D,6D,10D,11D;;. The van der Waals surface area contributed by atoms with Gasteiger partial charge in [-0.2, -0.15) is 0 Å². The monoisotopic (exact) mass is 820 g/mol. The van der Waals surface area contributed by atoms with Crippen molar-refractivity contribution in [2.24, 2.45) is 0 Å². The summed E-state index contributed by atoms with van der Waals surface area (Å²) in [6.07, 6.45) is 3.58. The predicted octanol–water partition coefficient (Wildman–Crippen LogP) is 10.9. The van der Waals surface area contributed by atoms with E-state index in [1.807, 2.05) is 72.9 Å². The van der Waals surface area contributed by atoms with E-state index in [2.05, 4.69) is 72.1 Å². The van der Waals surface area contributed by atoms with Gasteiger partial charge in [0.1, 0.15) is 5.58 Å². The Morgan fingerprint density at radius 1 is 0.646 bits per heavy atom. The van der Waals surface area contributed by atoms with Crippen LogP contribution in [0.15, 0.2) is 156 Å². The number of pyridine rings is 2. The zero-order chi connectivity index (χ0) is 36.6. The Morgan fingerprint density at radius 2 is 1.44 bits per heavy atom. The molecule has 3 heterocycles. The molecule has 0 amide bonds. The van der Waals surface area contributed by atoms with Crippen LogP contribution in [0, 0.1) is 12.1 Å². The predicted molar refractivity (Wildman–Crippen MR) is 198 cm³/mol. The summed E-state index contributed by atoms with van der Waals surface area (Å²) < 4.78 is 46.8. The van der Waals surface area contributed by atoms with Gasteiger partial charge in [0.05, 0.1) is 20.5 Å². The van der Waals surface area contributed by atoms with Gasteiger partial charge in [0.15, 0.2) is 0 Å². The van der Waals surface area contributed by atoms with Crippen LogP contribution in [0.4, 0.5) is 0 Å². The third-order valence-electron chi connectivity index (χ3n) is 7.96. The summed E-state index contributed by atoms with van der Waals surface area (Å²) in [7, 11) is -1.23. The molecule has 0 N–H and O–H groups in total. The Bertz CT molecular complexity index is 2530. The van der Waals surface area contributed by atoms with Crippen molar-refractivity contribution in [1.29, 1.82) is 0 Å². The first-order valence-corrected chi connectivity index (χ1v) is 18.9. The van der Waals surface area contributed by atoms with E-state index in [-0.39, 0.29) is 49.8 Å². The molecule has 0 bridgehead atoms. The molecule has 48 heavy (non-hydrogen) atoms. The van der Waals surface area contributed by atoms with Gasteiger partial charge in [-0.15, -0.1) is 54.1 Å². The third kappa shape index (κ3) is 7.14. The first-order chi connectivity index (χ1) is 25.0. The second-order valence-electron chi connectivity index (χ2n) is 12.2. The van der Waals surface area contributed by atoms with E-state index in [4.69, 9.17) is 11.3 Å². The van der Waals surface area contributed by atoms with Crippen LogP contribution in [0.2, 0.25) is 19.6 Å². The topological polar surface area (TPSA) is 38.9 Å². The van der Waals surface area contributed by atoms with Crippen LogP contribution in [0.3, 0.4) is 0 Å². The molecule has 0 saturated carbocycles. The molecule has 0 aliphatic carbocycles. The number of hydrogen-bond acceptors (Lipinski definition) is 3. The maximum Gasteiger partial charge on any atom is 0.121 e. The number of aromatic nitrogens is 2. The molecular weight excluding hydrogens is 781 g/mol. The Kier molecular flexibility index (Phi) is 8.15. The second-order valence-corrected chi connectivity index (χ2v) is 17.2. The van der Waals surface area contributed by atoms with Gasteiger partial charge in [0, 0.05) is 37.9 Å². The van der Waals surface area contributed by atoms with Crippen LogP contribution in [0.5, 0.6) is 0 Å². The van der Waals surface area contributed by atoms with Crippen LogP contribution in [-0.2, 0) is 20.1 Å². The molecule has 0 aliphatic heterocycles. The molecule has 0 saturated heterocycles. The van der Waals surface area contributed by atoms with Gasteiger partial charge in [-0.05, 0) is 51.0 Å². The number of fused-ring (bicyclic) bond motifs is 3. The van der Waals surface area contributed by atoms with Crippen molar-refractivity contribution in [3.8, 4) is 44.8 Å². The molecule has 0 fully saturated rings. The fourth-order valence-corrected chi connectivity index (χ4v) is 6.44. The third-order valence-corrected chi connectivity index (χ3v) is 9.99. The largest absolute Gasteiger partial charge is 0.501 e. The van der Waals surface area contributed by atoms with Crippen molar-refractivity contribution in [3.05, 3.63) is 164 Å². The maximum absolute atomic E-state index is 8.32. The summed E-state index contributed by atoms with van der Waals surface area (Å²) in [5.74, 6) is 0. The van der Waals surface area contributed by atoms with Crippen LogP contribution >= 0.6 is 0 Å². The van der Waals surface area contributed by atoms with Crippen molar-refractivity contribution in [3.63, 3.8) is 0 Å². The zero-order valence-electron chi connectivity index (χ0n) is 31.7. The summed E-state index contributed by atoms with van der Waals surface area (Å²) in [5.41, 5.74) is 7.36. The minimum atomic E-state index is -1.23. The fraction of sp³-hybridized carbons (Fsp3) is 0.0698. The summed E-state index contributed by atoms with van der Waals surface area (Å²) in [6, 6.07) is 40.3. The van der Waals surface area contributed by atoms with E-state index in [1.54, 1.807) is 18.3 Å². The van der Waals surface area contributed by atoms with Gasteiger partial charge in [-0.3, -0.25) is 0 Å². The average Bonchev–Trinajstić information content (AvgIpc) is 3.55. The molecule has 1 radical (unpaired) electrons. The minimum absolute atomic E-state index is 0. The number of hydrogen-bond donors (Lipinski definition) is 0. The summed E-state index contributed by atoms with van der Waals surface area (Å²) in [4.78, 5) is 9.02. The van der Waals surface area contributed by atoms with Gasteiger partial charge in [-0.25, -0.2) is 0 Å². The molecule has 8 rings (SSSR count). The summed E-state index contributed by atoms with van der Waals surface area (Å²) >= 11 is 0. The maximum atomic E-state index is 8.32.